The van der Waals surface area contributed by atoms with Crippen molar-refractivity contribution in [3.05, 3.63) is 35.6 Å². The summed E-state index contributed by atoms with van der Waals surface area (Å²) >= 11 is 0. The van der Waals surface area contributed by atoms with Crippen molar-refractivity contribution >= 4 is 0 Å². The normalized spacial score (nSPS) is 27.1. The molecule has 100 valence electrons. The van der Waals surface area contributed by atoms with Gasteiger partial charge in [0, 0.05) is 23.7 Å². The highest BCUT2D eigenvalue weighted by molar-refractivity contribution is 5.20. The molecule has 2 rings (SSSR count). The number of piperidine rings is 1. The molecular formula is C15H23FN2. The number of likely N-dealkylation sites (tertiary alicyclic amines) is 1. The molecule has 0 spiro atoms. The predicted molar refractivity (Wildman–Crippen MR) is 73.1 cm³/mol. The number of benzene rings is 1. The molecule has 1 saturated heterocycles. The van der Waals surface area contributed by atoms with Crippen LogP contribution in [0.25, 0.3) is 0 Å². The molecule has 0 bridgehead atoms. The number of rotatable bonds is 3. The van der Waals surface area contributed by atoms with Crippen molar-refractivity contribution in [1.29, 1.82) is 0 Å². The zero-order valence-electron chi connectivity index (χ0n) is 11.5. The van der Waals surface area contributed by atoms with Crippen LogP contribution in [0, 0.1) is 5.82 Å². The molecule has 1 aromatic rings. The van der Waals surface area contributed by atoms with E-state index < -0.39 is 0 Å². The summed E-state index contributed by atoms with van der Waals surface area (Å²) in [4.78, 5) is 2.38. The van der Waals surface area contributed by atoms with Crippen molar-refractivity contribution in [2.45, 2.75) is 44.8 Å². The van der Waals surface area contributed by atoms with Crippen molar-refractivity contribution in [2.24, 2.45) is 0 Å². The summed E-state index contributed by atoms with van der Waals surface area (Å²) < 4.78 is 13.7. The molecule has 1 aliphatic rings. The fourth-order valence-corrected chi connectivity index (χ4v) is 2.71. The minimum Gasteiger partial charge on any atom is -0.307 e. The lowest BCUT2D eigenvalue weighted by atomic mass is 9.97. The summed E-state index contributed by atoms with van der Waals surface area (Å²) in [5, 5.41) is 3.56. The largest absolute Gasteiger partial charge is 0.307 e. The van der Waals surface area contributed by atoms with Gasteiger partial charge in [0.2, 0.25) is 0 Å². The predicted octanol–water partition coefficient (Wildman–Crippen LogP) is 2.96. The van der Waals surface area contributed by atoms with Gasteiger partial charge in [0.15, 0.2) is 0 Å². The second kappa shape index (κ2) is 5.81. The van der Waals surface area contributed by atoms with Crippen LogP contribution >= 0.6 is 0 Å². The first-order chi connectivity index (χ1) is 8.58. The van der Waals surface area contributed by atoms with Gasteiger partial charge in [0.25, 0.3) is 0 Å². The van der Waals surface area contributed by atoms with Gasteiger partial charge < -0.3 is 10.2 Å². The first-order valence-corrected chi connectivity index (χ1v) is 6.78. The average Bonchev–Trinajstić information content (AvgIpc) is 2.34. The van der Waals surface area contributed by atoms with Crippen molar-refractivity contribution in [3.8, 4) is 0 Å². The minimum atomic E-state index is -0.113. The van der Waals surface area contributed by atoms with Gasteiger partial charge in [-0.2, -0.15) is 0 Å². The Kier molecular flexibility index (Phi) is 4.36. The summed E-state index contributed by atoms with van der Waals surface area (Å²) in [6, 6.07) is 8.20. The number of hydrogen-bond acceptors (Lipinski definition) is 2. The van der Waals surface area contributed by atoms with Gasteiger partial charge >= 0.3 is 0 Å². The molecule has 18 heavy (non-hydrogen) atoms. The maximum absolute atomic E-state index is 13.7. The van der Waals surface area contributed by atoms with Crippen LogP contribution in [-0.2, 0) is 0 Å². The molecule has 3 atom stereocenters. The van der Waals surface area contributed by atoms with E-state index in [1.165, 1.54) is 6.07 Å². The van der Waals surface area contributed by atoms with E-state index in [0.717, 1.165) is 24.9 Å². The lowest BCUT2D eigenvalue weighted by molar-refractivity contribution is 0.163. The average molecular weight is 250 g/mol. The molecule has 3 heteroatoms. The second-order valence-corrected chi connectivity index (χ2v) is 5.46. The fraction of sp³-hybridized carbons (Fsp3) is 0.600. The third-order valence-corrected chi connectivity index (χ3v) is 4.07. The molecule has 0 saturated carbocycles. The van der Waals surface area contributed by atoms with Gasteiger partial charge in [-0.05, 0) is 46.3 Å². The van der Waals surface area contributed by atoms with E-state index >= 15 is 0 Å². The summed E-state index contributed by atoms with van der Waals surface area (Å²) in [7, 11) is 2.17. The van der Waals surface area contributed by atoms with Crippen molar-refractivity contribution in [2.75, 3.05) is 13.6 Å². The molecule has 3 unspecified atom stereocenters. The molecule has 0 aromatic heterocycles. The van der Waals surface area contributed by atoms with Crippen molar-refractivity contribution in [1.82, 2.24) is 10.2 Å². The van der Waals surface area contributed by atoms with Crippen LogP contribution < -0.4 is 5.32 Å². The van der Waals surface area contributed by atoms with Crippen LogP contribution in [0.1, 0.15) is 38.3 Å². The van der Waals surface area contributed by atoms with Gasteiger partial charge in [-0.15, -0.1) is 0 Å². The highest BCUT2D eigenvalue weighted by Gasteiger charge is 2.24. The molecule has 0 radical (unpaired) electrons. The summed E-state index contributed by atoms with van der Waals surface area (Å²) in [5.41, 5.74) is 0.768. The van der Waals surface area contributed by atoms with Crippen LogP contribution in [0.5, 0.6) is 0 Å². The molecule has 0 aliphatic carbocycles. The molecular weight excluding hydrogens is 227 g/mol. The van der Waals surface area contributed by atoms with E-state index in [4.69, 9.17) is 0 Å². The van der Waals surface area contributed by atoms with Crippen LogP contribution in [0.3, 0.4) is 0 Å². The molecule has 1 heterocycles. The smallest absolute Gasteiger partial charge is 0.127 e. The first-order valence-electron chi connectivity index (χ1n) is 6.78. The standard InChI is InChI=1S/C15H23FN2/c1-11-10-13(8-9-18(11)3)17-12(2)14-6-4-5-7-15(14)16/h4-7,11-13,17H,8-10H2,1-3H3. The minimum absolute atomic E-state index is 0.0757. The number of halogens is 1. The van der Waals surface area contributed by atoms with Gasteiger partial charge in [-0.1, -0.05) is 18.2 Å². The Morgan fingerprint density at radius 2 is 2.11 bits per heavy atom. The molecule has 1 fully saturated rings. The van der Waals surface area contributed by atoms with Crippen molar-refractivity contribution in [3.63, 3.8) is 0 Å². The van der Waals surface area contributed by atoms with E-state index in [0.29, 0.717) is 12.1 Å². The second-order valence-electron chi connectivity index (χ2n) is 5.46. The van der Waals surface area contributed by atoms with E-state index in [9.17, 15) is 4.39 Å². The van der Waals surface area contributed by atoms with Crippen LogP contribution in [0.2, 0.25) is 0 Å². The Balaban J connectivity index is 1.96. The highest BCUT2D eigenvalue weighted by atomic mass is 19.1. The van der Waals surface area contributed by atoms with Gasteiger partial charge in [0.05, 0.1) is 0 Å². The van der Waals surface area contributed by atoms with Crippen molar-refractivity contribution < 1.29 is 4.39 Å². The Hall–Kier alpha value is -0.930. The Morgan fingerprint density at radius 1 is 1.39 bits per heavy atom. The van der Waals surface area contributed by atoms with Gasteiger partial charge in [-0.25, -0.2) is 4.39 Å². The van der Waals surface area contributed by atoms with Crippen LogP contribution in [0.15, 0.2) is 24.3 Å². The quantitative estimate of drug-likeness (QED) is 0.887. The van der Waals surface area contributed by atoms with E-state index in [1.807, 2.05) is 19.1 Å². The number of nitrogens with one attached hydrogen (secondary N) is 1. The fourth-order valence-electron chi connectivity index (χ4n) is 2.71. The van der Waals surface area contributed by atoms with Gasteiger partial charge in [0.1, 0.15) is 5.82 Å². The maximum Gasteiger partial charge on any atom is 0.127 e. The molecule has 1 aliphatic heterocycles. The highest BCUT2D eigenvalue weighted by Crippen LogP contribution is 2.21. The molecule has 1 N–H and O–H groups in total. The Morgan fingerprint density at radius 3 is 2.78 bits per heavy atom. The van der Waals surface area contributed by atoms with Crippen LogP contribution in [-0.4, -0.2) is 30.6 Å². The topological polar surface area (TPSA) is 15.3 Å². The third kappa shape index (κ3) is 3.09. The zero-order valence-corrected chi connectivity index (χ0v) is 11.5. The number of hydrogen-bond donors (Lipinski definition) is 1. The monoisotopic (exact) mass is 250 g/mol. The molecule has 2 nitrogen and oxygen atoms in total. The summed E-state index contributed by atoms with van der Waals surface area (Å²) in [6.07, 6.45) is 2.27. The third-order valence-electron chi connectivity index (χ3n) is 4.07. The maximum atomic E-state index is 13.7. The van der Waals surface area contributed by atoms with Crippen LogP contribution in [0.4, 0.5) is 4.39 Å². The van der Waals surface area contributed by atoms with E-state index in [-0.39, 0.29) is 11.9 Å². The van der Waals surface area contributed by atoms with E-state index in [1.54, 1.807) is 6.07 Å². The first kappa shape index (κ1) is 13.5. The lowest BCUT2D eigenvalue weighted by Gasteiger charge is -2.36. The van der Waals surface area contributed by atoms with Gasteiger partial charge in [-0.3, -0.25) is 0 Å². The van der Waals surface area contributed by atoms with E-state index in [2.05, 4.69) is 24.2 Å². The molecule has 0 amide bonds. The lowest BCUT2D eigenvalue weighted by Crippen LogP contribution is -2.46. The summed E-state index contributed by atoms with van der Waals surface area (Å²) in [5.74, 6) is -0.113. The summed E-state index contributed by atoms with van der Waals surface area (Å²) in [6.45, 7) is 5.41. The Labute approximate surface area is 109 Å². The molecule has 1 aromatic carbocycles. The SMILES string of the molecule is CC(NC1CCN(C)C(C)C1)c1ccccc1F. The zero-order chi connectivity index (χ0) is 13.1. The number of nitrogens with zero attached hydrogens (tertiary/aromatic N) is 1. The Bertz CT molecular complexity index is 394.